The summed E-state index contributed by atoms with van der Waals surface area (Å²) in [6.07, 6.45) is -2.66. The van der Waals surface area contributed by atoms with Crippen LogP contribution in [0.5, 0.6) is 0 Å². The highest BCUT2D eigenvalue weighted by Gasteiger charge is 2.30. The number of nitrogens with one attached hydrogen (secondary N) is 1. The molecule has 6 heteroatoms. The van der Waals surface area contributed by atoms with Crippen molar-refractivity contribution < 1.29 is 13.2 Å². The number of thiophene rings is 1. The molecule has 0 aliphatic rings. The number of anilines is 1. The van der Waals surface area contributed by atoms with Crippen molar-refractivity contribution in [2.45, 2.75) is 32.5 Å². The van der Waals surface area contributed by atoms with E-state index in [-0.39, 0.29) is 0 Å². The minimum atomic E-state index is -4.37. The molecule has 144 valence electrons. The molecule has 28 heavy (non-hydrogen) atoms. The minimum absolute atomic E-state index is 0.490. The summed E-state index contributed by atoms with van der Waals surface area (Å²) in [5.74, 6) is 0. The lowest BCUT2D eigenvalue weighted by atomic mass is 10.1. The average molecular weight is 400 g/mol. The van der Waals surface area contributed by atoms with Crippen LogP contribution in [0.3, 0.4) is 0 Å². The van der Waals surface area contributed by atoms with Crippen molar-refractivity contribution in [3.63, 3.8) is 0 Å². The number of nitriles is 1. The molecule has 0 aliphatic heterocycles. The molecule has 3 aromatic rings. The van der Waals surface area contributed by atoms with E-state index < -0.39 is 11.7 Å². The number of alkyl halides is 3. The van der Waals surface area contributed by atoms with Crippen LogP contribution in [0, 0.1) is 11.3 Å². The minimum Gasteiger partial charge on any atom is -0.379 e. The third-order valence-electron chi connectivity index (χ3n) is 4.36. The van der Waals surface area contributed by atoms with Crippen molar-refractivity contribution in [2.75, 3.05) is 5.32 Å². The van der Waals surface area contributed by atoms with Gasteiger partial charge in [-0.25, -0.2) is 0 Å². The zero-order valence-electron chi connectivity index (χ0n) is 15.3. The Kier molecular flexibility index (Phi) is 6.05. The van der Waals surface area contributed by atoms with Crippen molar-refractivity contribution in [3.8, 4) is 16.5 Å². The maximum atomic E-state index is 12.8. The highest BCUT2D eigenvalue weighted by Crippen LogP contribution is 2.41. The van der Waals surface area contributed by atoms with E-state index in [0.29, 0.717) is 22.5 Å². The Morgan fingerprint density at radius 2 is 1.71 bits per heavy atom. The van der Waals surface area contributed by atoms with Gasteiger partial charge >= 0.3 is 6.18 Å². The Labute approximate surface area is 166 Å². The Balaban J connectivity index is 1.97. The molecule has 3 rings (SSSR count). The van der Waals surface area contributed by atoms with E-state index in [4.69, 9.17) is 0 Å². The normalized spacial score (nSPS) is 11.2. The zero-order valence-corrected chi connectivity index (χ0v) is 16.1. The van der Waals surface area contributed by atoms with Crippen molar-refractivity contribution in [1.82, 2.24) is 0 Å². The van der Waals surface area contributed by atoms with Crippen molar-refractivity contribution in [1.29, 1.82) is 5.26 Å². The van der Waals surface area contributed by atoms with Gasteiger partial charge in [0.15, 0.2) is 0 Å². The quantitative estimate of drug-likeness (QED) is 0.490. The third-order valence-corrected chi connectivity index (χ3v) is 5.66. The number of rotatable bonds is 6. The van der Waals surface area contributed by atoms with Gasteiger partial charge in [-0.05, 0) is 29.7 Å². The molecule has 1 aromatic heterocycles. The predicted molar refractivity (Wildman–Crippen MR) is 107 cm³/mol. The molecule has 0 amide bonds. The van der Waals surface area contributed by atoms with Crippen molar-refractivity contribution in [3.05, 3.63) is 76.2 Å². The smallest absolute Gasteiger partial charge is 0.379 e. The molecule has 0 fully saturated rings. The van der Waals surface area contributed by atoms with Crippen LogP contribution in [-0.4, -0.2) is 0 Å². The summed E-state index contributed by atoms with van der Waals surface area (Å²) in [7, 11) is 0. The van der Waals surface area contributed by atoms with Gasteiger partial charge in [0.2, 0.25) is 0 Å². The molecule has 2 nitrogen and oxygen atoms in total. The Morgan fingerprint density at radius 1 is 1.04 bits per heavy atom. The van der Waals surface area contributed by atoms with Gasteiger partial charge in [0.1, 0.15) is 6.07 Å². The second kappa shape index (κ2) is 8.49. The Morgan fingerprint density at radius 3 is 2.29 bits per heavy atom. The monoisotopic (exact) mass is 400 g/mol. The molecule has 1 N–H and O–H groups in total. The standard InChI is InChI=1S/C22H19F3N2S/c1-2-6-19-20(27-14-15-7-4-3-5-8-15)18(13-26)21(28-19)16-9-11-17(12-10-16)22(23,24)25/h3-5,7-12,27H,2,6,14H2,1H3. The lowest BCUT2D eigenvalue weighted by Gasteiger charge is -2.09. The first kappa shape index (κ1) is 20.0. The van der Waals surface area contributed by atoms with Crippen LogP contribution in [0.4, 0.5) is 18.9 Å². The molecule has 0 unspecified atom stereocenters. The lowest BCUT2D eigenvalue weighted by molar-refractivity contribution is -0.137. The summed E-state index contributed by atoms with van der Waals surface area (Å²) in [6, 6.07) is 17.1. The van der Waals surface area contributed by atoms with Gasteiger partial charge in [-0.2, -0.15) is 18.4 Å². The van der Waals surface area contributed by atoms with Crippen LogP contribution in [0.25, 0.3) is 10.4 Å². The van der Waals surface area contributed by atoms with E-state index in [1.54, 1.807) is 0 Å². The van der Waals surface area contributed by atoms with Crippen molar-refractivity contribution in [2.24, 2.45) is 0 Å². The highest BCUT2D eigenvalue weighted by molar-refractivity contribution is 7.16. The van der Waals surface area contributed by atoms with E-state index >= 15 is 0 Å². The summed E-state index contributed by atoms with van der Waals surface area (Å²) < 4.78 is 38.5. The van der Waals surface area contributed by atoms with Crippen LogP contribution in [0.2, 0.25) is 0 Å². The van der Waals surface area contributed by atoms with Gasteiger partial charge in [-0.15, -0.1) is 11.3 Å². The fraction of sp³-hybridized carbons (Fsp3) is 0.227. The highest BCUT2D eigenvalue weighted by atomic mass is 32.1. The SMILES string of the molecule is CCCc1sc(-c2ccc(C(F)(F)F)cc2)c(C#N)c1NCc1ccccc1. The zero-order chi connectivity index (χ0) is 20.1. The maximum Gasteiger partial charge on any atom is 0.416 e. The van der Waals surface area contributed by atoms with Crippen LogP contribution in [0.1, 0.15) is 34.9 Å². The average Bonchev–Trinajstić information content (AvgIpc) is 3.04. The Hall–Kier alpha value is -2.78. The molecule has 0 bridgehead atoms. The second-order valence-corrected chi connectivity index (χ2v) is 7.49. The van der Waals surface area contributed by atoms with E-state index in [9.17, 15) is 18.4 Å². The molecule has 0 spiro atoms. The summed E-state index contributed by atoms with van der Waals surface area (Å²) in [5.41, 5.74) is 2.30. The van der Waals surface area contributed by atoms with Crippen LogP contribution < -0.4 is 5.32 Å². The number of nitrogens with zero attached hydrogens (tertiary/aromatic N) is 1. The summed E-state index contributed by atoms with van der Waals surface area (Å²) >= 11 is 1.47. The van der Waals surface area contributed by atoms with Crippen LogP contribution >= 0.6 is 11.3 Å². The predicted octanol–water partition coefficient (Wildman–Crippen LogP) is 6.87. The second-order valence-electron chi connectivity index (χ2n) is 6.38. The van der Waals surface area contributed by atoms with Gasteiger partial charge in [0.05, 0.1) is 21.7 Å². The van der Waals surface area contributed by atoms with Gasteiger partial charge in [0.25, 0.3) is 0 Å². The number of halogens is 3. The largest absolute Gasteiger partial charge is 0.416 e. The van der Waals surface area contributed by atoms with Gasteiger partial charge in [-0.1, -0.05) is 55.8 Å². The van der Waals surface area contributed by atoms with Crippen LogP contribution in [0.15, 0.2) is 54.6 Å². The first-order valence-electron chi connectivity index (χ1n) is 8.95. The molecular weight excluding hydrogens is 381 g/mol. The Bertz CT molecular complexity index is 968. The fourth-order valence-electron chi connectivity index (χ4n) is 2.98. The molecule has 0 radical (unpaired) electrons. The van der Waals surface area contributed by atoms with Gasteiger partial charge in [-0.3, -0.25) is 0 Å². The number of hydrogen-bond acceptors (Lipinski definition) is 3. The lowest BCUT2D eigenvalue weighted by Crippen LogP contribution is -2.04. The summed E-state index contributed by atoms with van der Waals surface area (Å²) in [6.45, 7) is 2.64. The van der Waals surface area contributed by atoms with Crippen molar-refractivity contribution >= 4 is 17.0 Å². The first-order chi connectivity index (χ1) is 13.4. The van der Waals surface area contributed by atoms with Gasteiger partial charge < -0.3 is 5.32 Å². The number of benzene rings is 2. The number of hydrogen-bond donors (Lipinski definition) is 1. The van der Waals surface area contributed by atoms with E-state index in [1.165, 1.54) is 23.5 Å². The van der Waals surface area contributed by atoms with Crippen LogP contribution in [-0.2, 0) is 19.1 Å². The molecule has 0 atom stereocenters. The summed E-state index contributed by atoms with van der Waals surface area (Å²) in [5, 5.41) is 13.1. The molecule has 0 saturated carbocycles. The maximum absolute atomic E-state index is 12.8. The summed E-state index contributed by atoms with van der Waals surface area (Å²) in [4.78, 5) is 1.75. The van der Waals surface area contributed by atoms with E-state index in [0.717, 1.165) is 41.1 Å². The van der Waals surface area contributed by atoms with E-state index in [1.807, 2.05) is 30.3 Å². The third kappa shape index (κ3) is 4.37. The molecular formula is C22H19F3N2S. The van der Waals surface area contributed by atoms with E-state index in [2.05, 4.69) is 18.3 Å². The molecule has 0 aliphatic carbocycles. The molecule has 2 aromatic carbocycles. The first-order valence-corrected chi connectivity index (χ1v) is 9.77. The van der Waals surface area contributed by atoms with Gasteiger partial charge in [0, 0.05) is 11.4 Å². The number of aryl methyl sites for hydroxylation is 1. The topological polar surface area (TPSA) is 35.8 Å². The molecule has 0 saturated heterocycles. The molecule has 1 heterocycles. The fourth-order valence-corrected chi connectivity index (χ4v) is 4.31.